The van der Waals surface area contributed by atoms with E-state index in [1.165, 1.54) is 30.5 Å². The van der Waals surface area contributed by atoms with Crippen molar-refractivity contribution in [3.8, 4) is 0 Å². The lowest BCUT2D eigenvalue weighted by Gasteiger charge is -1.96. The quantitative estimate of drug-likeness (QED) is 0.288. The average Bonchev–Trinajstić information content (AvgIpc) is 2.16. The van der Waals surface area contributed by atoms with Crippen LogP contribution in [0.15, 0.2) is 30.5 Å². The molecule has 0 fully saturated rings. The highest BCUT2D eigenvalue weighted by molar-refractivity contribution is 5.79. The molecule has 0 atom stereocenters. The van der Waals surface area contributed by atoms with Gasteiger partial charge in [-0.15, -0.1) is 0 Å². The zero-order valence-corrected chi connectivity index (χ0v) is 6.95. The van der Waals surface area contributed by atoms with E-state index in [2.05, 4.69) is 5.10 Å². The van der Waals surface area contributed by atoms with Crippen molar-refractivity contribution in [2.45, 2.75) is 0 Å². The molecule has 0 aliphatic heterocycles. The minimum atomic E-state index is -0.488. The van der Waals surface area contributed by atoms with Crippen LogP contribution in [0.2, 0.25) is 0 Å². The zero-order chi connectivity index (χ0) is 10.1. The van der Waals surface area contributed by atoms with Crippen molar-refractivity contribution in [3.05, 3.63) is 45.8 Å². The molecule has 6 nitrogen and oxygen atoms in total. The van der Waals surface area contributed by atoms with E-state index in [0.29, 0.717) is 15.7 Å². The van der Waals surface area contributed by atoms with Crippen molar-refractivity contribution in [2.75, 3.05) is 0 Å². The number of fused-ring (bicyclic) bond motifs is 1. The summed E-state index contributed by atoms with van der Waals surface area (Å²) >= 11 is 0. The Morgan fingerprint density at radius 3 is 2.86 bits per heavy atom. The second-order valence-electron chi connectivity index (χ2n) is 2.72. The van der Waals surface area contributed by atoms with Crippen LogP contribution in [0.4, 0.5) is 5.69 Å². The monoisotopic (exact) mass is 191 g/mol. The summed E-state index contributed by atoms with van der Waals surface area (Å²) in [6.07, 6.45) is 1.20. The molecule has 14 heavy (non-hydrogen) atoms. The smallest absolute Gasteiger partial charge is 0.270 e. The van der Waals surface area contributed by atoms with E-state index in [1.54, 1.807) is 0 Å². The Labute approximate surface area is 78.1 Å². The molecule has 0 aliphatic carbocycles. The first-order valence-electron chi connectivity index (χ1n) is 3.81. The standard InChI is InChI=1S/C8H5N3O3/c12-10-4-3-6-5-7(11(13)14)1-2-8(6)9-10/h1-5H. The predicted molar refractivity (Wildman–Crippen MR) is 47.4 cm³/mol. The van der Waals surface area contributed by atoms with Gasteiger partial charge in [-0.3, -0.25) is 10.1 Å². The van der Waals surface area contributed by atoms with Crippen molar-refractivity contribution in [1.82, 2.24) is 5.10 Å². The summed E-state index contributed by atoms with van der Waals surface area (Å²) in [6, 6.07) is 5.63. The van der Waals surface area contributed by atoms with E-state index in [1.807, 2.05) is 0 Å². The molecule has 0 unspecified atom stereocenters. The molecule has 0 aliphatic rings. The summed E-state index contributed by atoms with van der Waals surface area (Å²) < 4.78 is 0. The zero-order valence-electron chi connectivity index (χ0n) is 6.95. The molecule has 1 heterocycles. The third kappa shape index (κ3) is 1.33. The molecule has 0 N–H and O–H groups in total. The van der Waals surface area contributed by atoms with Gasteiger partial charge in [-0.05, 0) is 6.07 Å². The maximum absolute atomic E-state index is 10.8. The number of nitro benzene ring substituents is 1. The molecule has 6 heteroatoms. The minimum absolute atomic E-state index is 0.0112. The second kappa shape index (κ2) is 2.91. The summed E-state index contributed by atoms with van der Waals surface area (Å²) in [6.45, 7) is 0. The fraction of sp³-hybridized carbons (Fsp3) is 0. The summed E-state index contributed by atoms with van der Waals surface area (Å²) in [7, 11) is 0. The van der Waals surface area contributed by atoms with Crippen LogP contribution in [0.5, 0.6) is 0 Å². The van der Waals surface area contributed by atoms with Crippen LogP contribution in [0.1, 0.15) is 0 Å². The molecule has 70 valence electrons. The Morgan fingerprint density at radius 2 is 2.14 bits per heavy atom. The topological polar surface area (TPSA) is 83.0 Å². The first-order chi connectivity index (χ1) is 6.66. The average molecular weight is 191 g/mol. The van der Waals surface area contributed by atoms with Gasteiger partial charge in [0.15, 0.2) is 0 Å². The van der Waals surface area contributed by atoms with Crippen molar-refractivity contribution < 1.29 is 9.77 Å². The van der Waals surface area contributed by atoms with Crippen LogP contribution in [0, 0.1) is 15.3 Å². The first-order valence-corrected chi connectivity index (χ1v) is 3.81. The van der Waals surface area contributed by atoms with Crippen LogP contribution in [-0.2, 0) is 0 Å². The van der Waals surface area contributed by atoms with Gasteiger partial charge in [0.1, 0.15) is 5.52 Å². The van der Waals surface area contributed by atoms with Gasteiger partial charge < -0.3 is 5.21 Å². The third-order valence-electron chi connectivity index (χ3n) is 1.81. The van der Waals surface area contributed by atoms with Gasteiger partial charge in [0.05, 0.1) is 4.92 Å². The van der Waals surface area contributed by atoms with E-state index in [4.69, 9.17) is 0 Å². The third-order valence-corrected chi connectivity index (χ3v) is 1.81. The van der Waals surface area contributed by atoms with Gasteiger partial charge in [0, 0.05) is 28.7 Å². The molecular formula is C8H5N3O3. The molecule has 2 aromatic rings. The van der Waals surface area contributed by atoms with E-state index in [9.17, 15) is 15.3 Å². The van der Waals surface area contributed by atoms with Crippen molar-refractivity contribution in [3.63, 3.8) is 0 Å². The summed E-state index contributed by atoms with van der Waals surface area (Å²) in [5, 5.41) is 25.4. The van der Waals surface area contributed by atoms with E-state index in [-0.39, 0.29) is 5.69 Å². The maximum atomic E-state index is 10.8. The van der Waals surface area contributed by atoms with E-state index in [0.717, 1.165) is 0 Å². The molecule has 0 radical (unpaired) electrons. The normalized spacial score (nSPS) is 10.3. The van der Waals surface area contributed by atoms with Crippen LogP contribution >= 0.6 is 0 Å². The highest BCUT2D eigenvalue weighted by Crippen LogP contribution is 2.17. The van der Waals surface area contributed by atoms with Gasteiger partial charge in [-0.1, -0.05) is 4.85 Å². The highest BCUT2D eigenvalue weighted by atomic mass is 16.6. The lowest BCUT2D eigenvalue weighted by molar-refractivity contribution is -0.666. The second-order valence-corrected chi connectivity index (χ2v) is 2.72. The lowest BCUT2D eigenvalue weighted by atomic mass is 10.2. The van der Waals surface area contributed by atoms with Crippen LogP contribution in [-0.4, -0.2) is 10.0 Å². The summed E-state index contributed by atoms with van der Waals surface area (Å²) in [5.74, 6) is 0. The Kier molecular flexibility index (Phi) is 1.74. The largest absolute Gasteiger partial charge is 0.594 e. The number of nitro groups is 1. The maximum Gasteiger partial charge on any atom is 0.270 e. The van der Waals surface area contributed by atoms with Crippen LogP contribution in [0.3, 0.4) is 0 Å². The van der Waals surface area contributed by atoms with E-state index < -0.39 is 4.92 Å². The number of hydrogen-bond donors (Lipinski definition) is 0. The number of non-ortho nitro benzene ring substituents is 1. The lowest BCUT2D eigenvalue weighted by Crippen LogP contribution is -2.29. The fourth-order valence-corrected chi connectivity index (χ4v) is 1.16. The van der Waals surface area contributed by atoms with Gasteiger partial charge in [0.2, 0.25) is 6.20 Å². The molecule has 0 saturated carbocycles. The van der Waals surface area contributed by atoms with Gasteiger partial charge >= 0.3 is 0 Å². The first kappa shape index (κ1) is 8.36. The number of hydrogen-bond acceptors (Lipinski definition) is 4. The Bertz CT molecular complexity index is 512. The molecule has 0 spiro atoms. The molecule has 1 aromatic carbocycles. The molecule has 0 amide bonds. The fourth-order valence-electron chi connectivity index (χ4n) is 1.16. The van der Waals surface area contributed by atoms with E-state index >= 15 is 0 Å². The molecule has 2 rings (SSSR count). The minimum Gasteiger partial charge on any atom is -0.594 e. The summed E-state index contributed by atoms with van der Waals surface area (Å²) in [4.78, 5) is 10.4. The van der Waals surface area contributed by atoms with Crippen LogP contribution in [0.25, 0.3) is 10.9 Å². The SMILES string of the molecule is O=[N+]([O-])c1ccc2n[n+]([O-])ccc2c1. The molecule has 0 bridgehead atoms. The van der Waals surface area contributed by atoms with Crippen molar-refractivity contribution in [1.29, 1.82) is 0 Å². The molecular weight excluding hydrogens is 186 g/mol. The van der Waals surface area contributed by atoms with Gasteiger partial charge in [0.25, 0.3) is 5.69 Å². The Balaban J connectivity index is 2.67. The van der Waals surface area contributed by atoms with Crippen LogP contribution < -0.4 is 4.85 Å². The highest BCUT2D eigenvalue weighted by Gasteiger charge is 2.07. The van der Waals surface area contributed by atoms with Crippen molar-refractivity contribution >= 4 is 16.6 Å². The Morgan fingerprint density at radius 1 is 1.36 bits per heavy atom. The number of benzene rings is 1. The molecule has 1 aromatic heterocycles. The molecule has 0 saturated heterocycles. The van der Waals surface area contributed by atoms with Gasteiger partial charge in [-0.2, -0.15) is 0 Å². The van der Waals surface area contributed by atoms with Gasteiger partial charge in [-0.25, -0.2) is 0 Å². The predicted octanol–water partition coefficient (Wildman–Crippen LogP) is 0.776. The number of rotatable bonds is 1. The number of nitrogens with zero attached hydrogens (tertiary/aromatic N) is 3. The number of aromatic nitrogens is 2. The Hall–Kier alpha value is -2.24. The van der Waals surface area contributed by atoms with Crippen molar-refractivity contribution in [2.24, 2.45) is 0 Å². The summed E-state index contributed by atoms with van der Waals surface area (Å²) in [5.41, 5.74) is 0.427.